The number of aryl methyl sites for hydroxylation is 2. The third-order valence-corrected chi connectivity index (χ3v) is 4.32. The predicted octanol–water partition coefficient (Wildman–Crippen LogP) is 2.97. The molecule has 2 rings (SSSR count). The summed E-state index contributed by atoms with van der Waals surface area (Å²) in [6, 6.07) is 11.9. The first-order valence-corrected chi connectivity index (χ1v) is 8.79. The maximum absolute atomic E-state index is 13.0. The first-order valence-electron chi connectivity index (χ1n) is 8.79. The standard InChI is InChI=1S/C21H26FN3O2/c1-15-6-5-7-16(2)21(15)23-19(26)13-24(3)14-20(27)25(4)12-17-8-10-18(22)11-9-17/h5-11H,12-14H2,1-4H3,(H,23,26). The molecule has 0 fully saturated rings. The summed E-state index contributed by atoms with van der Waals surface area (Å²) in [5.74, 6) is -0.576. The summed E-state index contributed by atoms with van der Waals surface area (Å²) in [7, 11) is 3.42. The fourth-order valence-electron chi connectivity index (χ4n) is 2.80. The van der Waals surface area contributed by atoms with Gasteiger partial charge in [0.25, 0.3) is 0 Å². The second-order valence-electron chi connectivity index (χ2n) is 6.86. The van der Waals surface area contributed by atoms with Gasteiger partial charge in [-0.05, 0) is 49.7 Å². The van der Waals surface area contributed by atoms with E-state index in [2.05, 4.69) is 5.32 Å². The normalized spacial score (nSPS) is 10.7. The van der Waals surface area contributed by atoms with E-state index < -0.39 is 0 Å². The number of carbonyl (C=O) groups excluding carboxylic acids is 2. The lowest BCUT2D eigenvalue weighted by atomic mass is 10.1. The Hall–Kier alpha value is -2.73. The molecule has 0 unspecified atom stereocenters. The smallest absolute Gasteiger partial charge is 0.238 e. The number of rotatable bonds is 7. The minimum atomic E-state index is -0.303. The molecule has 2 aromatic rings. The average Bonchev–Trinajstić information content (AvgIpc) is 2.60. The number of hydrogen-bond donors (Lipinski definition) is 1. The van der Waals surface area contributed by atoms with E-state index in [-0.39, 0.29) is 30.7 Å². The molecule has 0 radical (unpaired) electrons. The SMILES string of the molecule is Cc1cccc(C)c1NC(=O)CN(C)CC(=O)N(C)Cc1ccc(F)cc1. The molecule has 2 amide bonds. The van der Waals surface area contributed by atoms with Crippen LogP contribution in [-0.2, 0) is 16.1 Å². The van der Waals surface area contributed by atoms with Crippen LogP contribution in [0.15, 0.2) is 42.5 Å². The van der Waals surface area contributed by atoms with Crippen molar-refractivity contribution in [2.75, 3.05) is 32.5 Å². The Morgan fingerprint density at radius 2 is 1.56 bits per heavy atom. The van der Waals surface area contributed by atoms with Gasteiger partial charge in [0.05, 0.1) is 13.1 Å². The van der Waals surface area contributed by atoms with Crippen LogP contribution in [0.3, 0.4) is 0 Å². The van der Waals surface area contributed by atoms with E-state index in [4.69, 9.17) is 0 Å². The fraction of sp³-hybridized carbons (Fsp3) is 0.333. The highest BCUT2D eigenvalue weighted by Crippen LogP contribution is 2.19. The maximum Gasteiger partial charge on any atom is 0.238 e. The van der Waals surface area contributed by atoms with Crippen LogP contribution in [0.5, 0.6) is 0 Å². The second-order valence-corrected chi connectivity index (χ2v) is 6.86. The van der Waals surface area contributed by atoms with Crippen LogP contribution in [0, 0.1) is 19.7 Å². The summed E-state index contributed by atoms with van der Waals surface area (Å²) in [5, 5.41) is 2.92. The fourth-order valence-corrected chi connectivity index (χ4v) is 2.80. The lowest BCUT2D eigenvalue weighted by Crippen LogP contribution is -2.39. The van der Waals surface area contributed by atoms with E-state index in [1.165, 1.54) is 12.1 Å². The summed E-state index contributed by atoms with van der Waals surface area (Å²) in [5.41, 5.74) is 3.67. The highest BCUT2D eigenvalue weighted by atomic mass is 19.1. The summed E-state index contributed by atoms with van der Waals surface area (Å²) < 4.78 is 13.0. The minimum absolute atomic E-state index is 0.110. The molecule has 6 heteroatoms. The summed E-state index contributed by atoms with van der Waals surface area (Å²) in [6.07, 6.45) is 0. The van der Waals surface area contributed by atoms with Crippen LogP contribution >= 0.6 is 0 Å². The number of benzene rings is 2. The number of amides is 2. The van der Waals surface area contributed by atoms with Crippen molar-refractivity contribution in [3.05, 3.63) is 65.0 Å². The van der Waals surface area contributed by atoms with Gasteiger partial charge in [-0.1, -0.05) is 30.3 Å². The molecular weight excluding hydrogens is 345 g/mol. The molecule has 0 aliphatic carbocycles. The molecule has 0 saturated heterocycles. The van der Waals surface area contributed by atoms with E-state index in [9.17, 15) is 14.0 Å². The Labute approximate surface area is 159 Å². The van der Waals surface area contributed by atoms with Gasteiger partial charge in [0.15, 0.2) is 0 Å². The number of para-hydroxylation sites is 1. The second kappa shape index (κ2) is 9.28. The van der Waals surface area contributed by atoms with Crippen molar-refractivity contribution < 1.29 is 14.0 Å². The largest absolute Gasteiger partial charge is 0.340 e. The summed E-state index contributed by atoms with van der Waals surface area (Å²) in [4.78, 5) is 27.9. The van der Waals surface area contributed by atoms with E-state index in [1.807, 2.05) is 32.0 Å². The molecule has 0 atom stereocenters. The molecule has 0 aliphatic heterocycles. The lowest BCUT2D eigenvalue weighted by Gasteiger charge is -2.22. The van der Waals surface area contributed by atoms with Gasteiger partial charge < -0.3 is 10.2 Å². The monoisotopic (exact) mass is 371 g/mol. The van der Waals surface area contributed by atoms with Gasteiger partial charge in [0.2, 0.25) is 11.8 Å². The van der Waals surface area contributed by atoms with Crippen LogP contribution < -0.4 is 5.32 Å². The van der Waals surface area contributed by atoms with E-state index in [1.54, 1.807) is 36.0 Å². The van der Waals surface area contributed by atoms with Gasteiger partial charge in [-0.2, -0.15) is 0 Å². The Morgan fingerprint density at radius 1 is 0.963 bits per heavy atom. The molecule has 2 aromatic carbocycles. The van der Waals surface area contributed by atoms with E-state index in [0.717, 1.165) is 22.4 Å². The number of likely N-dealkylation sites (N-methyl/N-ethyl adjacent to an activating group) is 2. The third kappa shape index (κ3) is 6.18. The number of nitrogens with one attached hydrogen (secondary N) is 1. The van der Waals surface area contributed by atoms with Crippen molar-refractivity contribution in [3.8, 4) is 0 Å². The van der Waals surface area contributed by atoms with Gasteiger partial charge in [0.1, 0.15) is 5.82 Å². The van der Waals surface area contributed by atoms with Gasteiger partial charge in [-0.15, -0.1) is 0 Å². The highest BCUT2D eigenvalue weighted by Gasteiger charge is 2.15. The molecule has 0 aromatic heterocycles. The van der Waals surface area contributed by atoms with Crippen LogP contribution in [-0.4, -0.2) is 48.8 Å². The van der Waals surface area contributed by atoms with Crippen molar-refractivity contribution in [2.24, 2.45) is 0 Å². The zero-order chi connectivity index (χ0) is 20.0. The van der Waals surface area contributed by atoms with Gasteiger partial charge >= 0.3 is 0 Å². The molecule has 0 spiro atoms. The Balaban J connectivity index is 1.84. The maximum atomic E-state index is 13.0. The molecule has 0 saturated carbocycles. The quantitative estimate of drug-likeness (QED) is 0.814. The Bertz CT molecular complexity index is 785. The third-order valence-electron chi connectivity index (χ3n) is 4.32. The van der Waals surface area contributed by atoms with Gasteiger partial charge in [-0.25, -0.2) is 4.39 Å². The lowest BCUT2D eigenvalue weighted by molar-refractivity contribution is -0.131. The highest BCUT2D eigenvalue weighted by molar-refractivity contribution is 5.94. The minimum Gasteiger partial charge on any atom is -0.340 e. The number of halogens is 1. The van der Waals surface area contributed by atoms with E-state index in [0.29, 0.717) is 6.54 Å². The van der Waals surface area contributed by atoms with Gasteiger partial charge in [0, 0.05) is 19.3 Å². The molecule has 144 valence electrons. The topological polar surface area (TPSA) is 52.7 Å². The van der Waals surface area contributed by atoms with E-state index >= 15 is 0 Å². The van der Waals surface area contributed by atoms with Crippen molar-refractivity contribution in [1.29, 1.82) is 0 Å². The Kier molecular flexibility index (Phi) is 7.07. The number of anilines is 1. The van der Waals surface area contributed by atoms with Crippen molar-refractivity contribution in [3.63, 3.8) is 0 Å². The molecular formula is C21H26FN3O2. The number of nitrogens with zero attached hydrogens (tertiary/aromatic N) is 2. The molecule has 5 nitrogen and oxygen atoms in total. The van der Waals surface area contributed by atoms with Crippen LogP contribution in [0.1, 0.15) is 16.7 Å². The summed E-state index contributed by atoms with van der Waals surface area (Å²) >= 11 is 0. The average molecular weight is 371 g/mol. The zero-order valence-corrected chi connectivity index (χ0v) is 16.3. The molecule has 0 heterocycles. The van der Waals surface area contributed by atoms with Crippen LogP contribution in [0.25, 0.3) is 0 Å². The molecule has 27 heavy (non-hydrogen) atoms. The Morgan fingerprint density at radius 3 is 2.15 bits per heavy atom. The van der Waals surface area contributed by atoms with Gasteiger partial charge in [-0.3, -0.25) is 14.5 Å². The van der Waals surface area contributed by atoms with Crippen LogP contribution in [0.4, 0.5) is 10.1 Å². The molecule has 0 aliphatic rings. The van der Waals surface area contributed by atoms with Crippen molar-refractivity contribution in [1.82, 2.24) is 9.80 Å². The molecule has 1 N–H and O–H groups in total. The zero-order valence-electron chi connectivity index (χ0n) is 16.3. The van der Waals surface area contributed by atoms with Crippen molar-refractivity contribution in [2.45, 2.75) is 20.4 Å². The first kappa shape index (κ1) is 20.6. The first-order chi connectivity index (χ1) is 12.8. The predicted molar refractivity (Wildman–Crippen MR) is 105 cm³/mol. The number of carbonyl (C=O) groups is 2. The van der Waals surface area contributed by atoms with Crippen LogP contribution in [0.2, 0.25) is 0 Å². The number of hydrogen-bond acceptors (Lipinski definition) is 3. The van der Waals surface area contributed by atoms with Crippen molar-refractivity contribution >= 4 is 17.5 Å². The molecule has 0 bridgehead atoms. The summed E-state index contributed by atoms with van der Waals surface area (Å²) in [6.45, 7) is 4.52.